The number of nitrogens with one attached hydrogen (secondary N) is 1. The van der Waals surface area contributed by atoms with Gasteiger partial charge in [0.1, 0.15) is 28.8 Å². The van der Waals surface area contributed by atoms with Crippen LogP contribution in [0.3, 0.4) is 0 Å². The summed E-state index contributed by atoms with van der Waals surface area (Å²) >= 11 is 0. The summed E-state index contributed by atoms with van der Waals surface area (Å²) in [5, 5.41) is 9.39. The van der Waals surface area contributed by atoms with Crippen molar-refractivity contribution in [1.82, 2.24) is 14.2 Å². The lowest BCUT2D eigenvalue weighted by Gasteiger charge is -2.43. The molecule has 13 nitrogen and oxygen atoms in total. The average Bonchev–Trinajstić information content (AvgIpc) is 3.35. The van der Waals surface area contributed by atoms with Crippen molar-refractivity contribution in [3.8, 4) is 17.6 Å². The van der Waals surface area contributed by atoms with E-state index in [1.165, 1.54) is 10.8 Å². The number of aromatic nitrogens is 2. The van der Waals surface area contributed by atoms with Gasteiger partial charge in [-0.3, -0.25) is 14.3 Å². The number of methoxy groups -OCH3 is 2. The summed E-state index contributed by atoms with van der Waals surface area (Å²) in [6, 6.07) is 27.5. The van der Waals surface area contributed by atoms with Crippen LogP contribution in [0.4, 0.5) is 0 Å². The highest BCUT2D eigenvalue weighted by atomic mass is 31.2. The molecule has 2 aliphatic rings. The van der Waals surface area contributed by atoms with E-state index in [-0.39, 0.29) is 31.7 Å². The third-order valence-corrected chi connectivity index (χ3v) is 12.1. The standard InChI is InChI=1S/C42H49N4O9P/c1-28(2)46(29(3)4)56(53-24-11-23-43)55-37-36-39(45-26-30(5)38(47)44-40(45)48)54-41(37,22-25-51-36)27-52-42(31-12-9-8-10-13-31,32-14-18-34(49-6)19-15-32)33-16-20-35(50-7)21-17-33/h8-10,12-22,25-26,28-29,36-37,39H,11,24,27H2,1-7H3,(H,44,47,48)/t36-,37+,39-,41-,56?/m1/s1. The summed E-state index contributed by atoms with van der Waals surface area (Å²) in [7, 11) is 1.43. The number of benzene rings is 3. The molecule has 1 fully saturated rings. The van der Waals surface area contributed by atoms with Gasteiger partial charge in [-0.2, -0.15) is 5.26 Å². The number of hydrogen-bond donors (Lipinski definition) is 1. The van der Waals surface area contributed by atoms with E-state index in [0.29, 0.717) is 17.1 Å². The highest BCUT2D eigenvalue weighted by Gasteiger charge is 2.61. The van der Waals surface area contributed by atoms with Gasteiger partial charge in [-0.1, -0.05) is 54.6 Å². The van der Waals surface area contributed by atoms with E-state index in [9.17, 15) is 14.9 Å². The lowest BCUT2D eigenvalue weighted by molar-refractivity contribution is -0.133. The van der Waals surface area contributed by atoms with Gasteiger partial charge >= 0.3 is 5.69 Å². The summed E-state index contributed by atoms with van der Waals surface area (Å²) in [6.45, 7) is 9.87. The fraction of sp³-hybridized carbons (Fsp3) is 0.405. The smallest absolute Gasteiger partial charge is 0.330 e. The molecule has 0 aliphatic carbocycles. The minimum absolute atomic E-state index is 0.00478. The second-order valence-corrected chi connectivity index (χ2v) is 15.6. The van der Waals surface area contributed by atoms with Gasteiger partial charge in [-0.25, -0.2) is 9.46 Å². The number of fused-ring (bicyclic) bond motifs is 2. The van der Waals surface area contributed by atoms with Gasteiger partial charge in [0.2, 0.25) is 0 Å². The summed E-state index contributed by atoms with van der Waals surface area (Å²) < 4.78 is 48.6. The fourth-order valence-electron chi connectivity index (χ4n) is 7.29. The Hall–Kier alpha value is -4.80. The molecule has 1 saturated heterocycles. The Bertz CT molecular complexity index is 2060. The summed E-state index contributed by atoms with van der Waals surface area (Å²) in [6.07, 6.45) is 2.11. The third kappa shape index (κ3) is 8.04. The van der Waals surface area contributed by atoms with Crippen LogP contribution in [0.1, 0.15) is 62.6 Å². The molecule has 56 heavy (non-hydrogen) atoms. The van der Waals surface area contributed by atoms with E-state index in [2.05, 4.69) is 43.4 Å². The lowest BCUT2D eigenvalue weighted by atomic mass is 9.79. The SMILES string of the molecule is COc1ccc(C(OC[C@@]23C=CO[C@@H]([C@H](n4cc(C)c(=O)[nH]c4=O)O2)[C@@H]3OP(OCCC#N)N(C(C)C)C(C)C)(c2ccccc2)c2ccc(OC)cc2)cc1. The van der Waals surface area contributed by atoms with Crippen molar-refractivity contribution in [1.29, 1.82) is 5.26 Å². The first kappa shape index (κ1) is 40.9. The zero-order valence-corrected chi connectivity index (χ0v) is 33.6. The molecule has 1 aromatic heterocycles. The van der Waals surface area contributed by atoms with Gasteiger partial charge in [0.15, 0.2) is 12.3 Å². The molecule has 2 bridgehead atoms. The number of ether oxygens (including phenoxy) is 5. The molecule has 6 rings (SSSR count). The Morgan fingerprint density at radius 3 is 2.07 bits per heavy atom. The van der Waals surface area contributed by atoms with Crippen LogP contribution >= 0.6 is 8.53 Å². The number of aryl methyl sites for hydroxylation is 1. The van der Waals surface area contributed by atoms with Crippen LogP contribution in [0, 0.1) is 18.3 Å². The molecule has 1 N–H and O–H groups in total. The largest absolute Gasteiger partial charge is 0.497 e. The van der Waals surface area contributed by atoms with E-state index in [4.69, 9.17) is 32.7 Å². The highest BCUT2D eigenvalue weighted by molar-refractivity contribution is 7.44. The zero-order valence-electron chi connectivity index (χ0n) is 32.7. The van der Waals surface area contributed by atoms with Crippen LogP contribution in [0.2, 0.25) is 0 Å². The fourth-order valence-corrected chi connectivity index (χ4v) is 9.09. The first-order chi connectivity index (χ1) is 27.0. The van der Waals surface area contributed by atoms with E-state index >= 15 is 0 Å². The minimum atomic E-state index is -1.81. The molecule has 3 aromatic carbocycles. The molecule has 296 valence electrons. The maximum absolute atomic E-state index is 13.4. The predicted octanol–water partition coefficient (Wildman–Crippen LogP) is 6.71. The topological polar surface area (TPSA) is 147 Å². The third-order valence-electron chi connectivity index (χ3n) is 9.96. The van der Waals surface area contributed by atoms with Crippen molar-refractivity contribution < 1.29 is 32.7 Å². The summed E-state index contributed by atoms with van der Waals surface area (Å²) in [5.74, 6) is 1.36. The monoisotopic (exact) mass is 784 g/mol. The Balaban J connectivity index is 1.52. The van der Waals surface area contributed by atoms with Gasteiger partial charge in [0.25, 0.3) is 14.1 Å². The number of aromatic amines is 1. The Kier molecular flexibility index (Phi) is 12.8. The molecule has 0 spiro atoms. The first-order valence-corrected chi connectivity index (χ1v) is 19.7. The first-order valence-electron chi connectivity index (χ1n) is 18.5. The van der Waals surface area contributed by atoms with E-state index in [1.54, 1.807) is 33.5 Å². The molecule has 1 unspecified atom stereocenters. The minimum Gasteiger partial charge on any atom is -0.497 e. The zero-order chi connectivity index (χ0) is 40.0. The summed E-state index contributed by atoms with van der Waals surface area (Å²) in [4.78, 5) is 28.3. The van der Waals surface area contributed by atoms with Crippen LogP contribution in [0.25, 0.3) is 0 Å². The van der Waals surface area contributed by atoms with Crippen molar-refractivity contribution in [2.75, 3.05) is 27.4 Å². The quantitative estimate of drug-likeness (QED) is 0.0693. The molecule has 0 saturated carbocycles. The number of rotatable bonds is 17. The van der Waals surface area contributed by atoms with Crippen LogP contribution in [0.5, 0.6) is 11.5 Å². The van der Waals surface area contributed by atoms with Crippen LogP contribution in [-0.4, -0.2) is 71.5 Å². The second-order valence-electron chi connectivity index (χ2n) is 14.2. The normalized spacial score (nSPS) is 20.9. The van der Waals surface area contributed by atoms with Crippen LogP contribution < -0.4 is 20.7 Å². The maximum atomic E-state index is 13.4. The van der Waals surface area contributed by atoms with Gasteiger partial charge in [0.05, 0.1) is 46.2 Å². The molecular weight excluding hydrogens is 735 g/mol. The number of H-pyrrole nitrogens is 1. The number of nitrogens with zero attached hydrogens (tertiary/aromatic N) is 3. The molecule has 0 amide bonds. The predicted molar refractivity (Wildman–Crippen MR) is 211 cm³/mol. The number of hydrogen-bond acceptors (Lipinski definition) is 11. The van der Waals surface area contributed by atoms with Crippen molar-refractivity contribution in [3.05, 3.63) is 140 Å². The van der Waals surface area contributed by atoms with Crippen molar-refractivity contribution in [2.24, 2.45) is 0 Å². The van der Waals surface area contributed by atoms with Gasteiger partial charge in [0, 0.05) is 23.8 Å². The molecular formula is C42H49N4O9P. The van der Waals surface area contributed by atoms with Gasteiger partial charge < -0.3 is 32.7 Å². The molecule has 2 aliphatic heterocycles. The maximum Gasteiger partial charge on any atom is 0.330 e. The van der Waals surface area contributed by atoms with Gasteiger partial charge in [-0.05, 0) is 81.7 Å². The molecule has 5 atom stereocenters. The molecule has 14 heteroatoms. The van der Waals surface area contributed by atoms with Crippen molar-refractivity contribution >= 4 is 8.53 Å². The molecule has 4 aromatic rings. The van der Waals surface area contributed by atoms with Gasteiger partial charge in [-0.15, -0.1) is 0 Å². The summed E-state index contributed by atoms with van der Waals surface area (Å²) in [5.41, 5.74) is -0.963. The van der Waals surface area contributed by atoms with Crippen LogP contribution in [0.15, 0.2) is 107 Å². The van der Waals surface area contributed by atoms with Crippen molar-refractivity contribution in [2.45, 2.75) is 82.8 Å². The lowest BCUT2D eigenvalue weighted by Crippen LogP contribution is -2.51. The average molecular weight is 785 g/mol. The Morgan fingerprint density at radius 2 is 1.52 bits per heavy atom. The Morgan fingerprint density at radius 1 is 0.929 bits per heavy atom. The van der Waals surface area contributed by atoms with Crippen LogP contribution in [-0.2, 0) is 28.9 Å². The van der Waals surface area contributed by atoms with E-state index in [1.807, 2.05) is 78.9 Å². The van der Waals surface area contributed by atoms with E-state index < -0.39 is 49.4 Å². The Labute approximate surface area is 328 Å². The van der Waals surface area contributed by atoms with E-state index in [0.717, 1.165) is 16.7 Å². The molecule has 0 radical (unpaired) electrons. The van der Waals surface area contributed by atoms with Crippen molar-refractivity contribution in [3.63, 3.8) is 0 Å². The number of nitriles is 1. The highest BCUT2D eigenvalue weighted by Crippen LogP contribution is 2.55. The second kappa shape index (κ2) is 17.6. The molecule has 3 heterocycles.